The Bertz CT molecular complexity index is 433. The van der Waals surface area contributed by atoms with E-state index in [4.69, 9.17) is 15.2 Å². The van der Waals surface area contributed by atoms with Crippen molar-refractivity contribution in [2.75, 3.05) is 19.7 Å². The highest BCUT2D eigenvalue weighted by Gasteiger charge is 2.08. The standard InChI is InChI=1S/C8H10N4O5S/c1-14-4-3-5(15-2)11-7(10-4)12-17-8(18)16-6(9)13/h3H,1-2H3,(H2,9,13)(H,10,11,12). The molecular weight excluding hydrogens is 264 g/mol. The van der Waals surface area contributed by atoms with Gasteiger partial charge in [-0.15, -0.1) is 0 Å². The second-order valence-electron chi connectivity index (χ2n) is 2.65. The first-order chi connectivity index (χ1) is 8.55. The summed E-state index contributed by atoms with van der Waals surface area (Å²) in [5.41, 5.74) is 6.97. The fraction of sp³-hybridized carbons (Fsp3) is 0.250. The molecule has 3 N–H and O–H groups in total. The predicted molar refractivity (Wildman–Crippen MR) is 63.1 cm³/mol. The minimum absolute atomic E-state index is 0.00150. The highest BCUT2D eigenvalue weighted by Crippen LogP contribution is 2.17. The van der Waals surface area contributed by atoms with Crippen molar-refractivity contribution >= 4 is 29.5 Å². The first-order valence-electron chi connectivity index (χ1n) is 4.46. The summed E-state index contributed by atoms with van der Waals surface area (Å²) < 4.78 is 14.1. The van der Waals surface area contributed by atoms with Crippen LogP contribution in [0.3, 0.4) is 0 Å². The number of nitrogens with one attached hydrogen (secondary N) is 1. The molecule has 0 atom stereocenters. The zero-order chi connectivity index (χ0) is 13.5. The molecule has 1 rings (SSSR count). The molecule has 18 heavy (non-hydrogen) atoms. The Labute approximate surface area is 107 Å². The van der Waals surface area contributed by atoms with Gasteiger partial charge in [-0.25, -0.2) is 4.79 Å². The number of carbonyl (C=O) groups excluding carboxylic acids is 1. The fourth-order valence-corrected chi connectivity index (χ4v) is 0.973. The molecule has 0 aliphatic rings. The maximum atomic E-state index is 10.4. The maximum absolute atomic E-state index is 10.4. The van der Waals surface area contributed by atoms with Crippen LogP contribution in [-0.2, 0) is 9.57 Å². The van der Waals surface area contributed by atoms with E-state index in [9.17, 15) is 4.79 Å². The van der Waals surface area contributed by atoms with Gasteiger partial charge in [-0.3, -0.25) is 0 Å². The Morgan fingerprint density at radius 2 is 1.89 bits per heavy atom. The zero-order valence-electron chi connectivity index (χ0n) is 9.50. The summed E-state index contributed by atoms with van der Waals surface area (Å²) in [6.07, 6.45) is -1.09. The van der Waals surface area contributed by atoms with Crippen molar-refractivity contribution in [3.05, 3.63) is 6.07 Å². The Balaban J connectivity index is 2.66. The lowest BCUT2D eigenvalue weighted by Crippen LogP contribution is -2.21. The molecule has 0 unspecified atom stereocenters. The lowest BCUT2D eigenvalue weighted by molar-refractivity contribution is 0.187. The predicted octanol–water partition coefficient (Wildman–Crippen LogP) is 0.217. The molecular formula is C8H10N4O5S. The molecule has 0 radical (unpaired) electrons. The molecule has 1 heterocycles. The van der Waals surface area contributed by atoms with E-state index in [1.54, 1.807) is 0 Å². The number of carbonyl (C=O) groups is 1. The minimum Gasteiger partial charge on any atom is -0.481 e. The van der Waals surface area contributed by atoms with Gasteiger partial charge in [-0.2, -0.15) is 15.4 Å². The molecule has 0 spiro atoms. The number of methoxy groups -OCH3 is 2. The third-order valence-electron chi connectivity index (χ3n) is 1.51. The van der Waals surface area contributed by atoms with E-state index < -0.39 is 11.3 Å². The van der Waals surface area contributed by atoms with E-state index >= 15 is 0 Å². The Kier molecular flexibility index (Phi) is 4.87. The smallest absolute Gasteiger partial charge is 0.413 e. The summed E-state index contributed by atoms with van der Waals surface area (Å²) in [4.78, 5) is 22.8. The highest BCUT2D eigenvalue weighted by molar-refractivity contribution is 7.79. The van der Waals surface area contributed by atoms with Gasteiger partial charge < -0.3 is 24.8 Å². The van der Waals surface area contributed by atoms with Gasteiger partial charge in [-0.1, -0.05) is 0 Å². The monoisotopic (exact) mass is 274 g/mol. The Morgan fingerprint density at radius 1 is 1.33 bits per heavy atom. The van der Waals surface area contributed by atoms with E-state index in [0.717, 1.165) is 0 Å². The second-order valence-corrected chi connectivity index (χ2v) is 2.98. The number of ether oxygens (including phenoxy) is 3. The highest BCUT2D eigenvalue weighted by atomic mass is 32.1. The number of nitrogens with two attached hydrogens (primary N) is 1. The van der Waals surface area contributed by atoms with Crippen molar-refractivity contribution in [2.24, 2.45) is 5.73 Å². The van der Waals surface area contributed by atoms with Crippen LogP contribution < -0.4 is 20.7 Å². The molecule has 0 aromatic carbocycles. The van der Waals surface area contributed by atoms with Crippen molar-refractivity contribution in [1.29, 1.82) is 0 Å². The molecule has 0 bridgehead atoms. The van der Waals surface area contributed by atoms with E-state index in [2.05, 4.69) is 37.2 Å². The number of aromatic nitrogens is 2. The molecule has 9 nitrogen and oxygen atoms in total. The lowest BCUT2D eigenvalue weighted by atomic mass is 10.6. The number of thiocarbonyl (C=S) groups is 1. The largest absolute Gasteiger partial charge is 0.481 e. The van der Waals surface area contributed by atoms with Crippen molar-refractivity contribution in [1.82, 2.24) is 9.97 Å². The normalized spacial score (nSPS) is 9.22. The van der Waals surface area contributed by atoms with Crippen LogP contribution in [0.25, 0.3) is 0 Å². The molecule has 0 aliphatic carbocycles. The van der Waals surface area contributed by atoms with Crippen LogP contribution in [-0.4, -0.2) is 35.5 Å². The van der Waals surface area contributed by atoms with Crippen LogP contribution in [0.2, 0.25) is 0 Å². The summed E-state index contributed by atoms with van der Waals surface area (Å²) in [5, 5.41) is -0.520. The van der Waals surface area contributed by atoms with E-state index in [-0.39, 0.29) is 17.7 Å². The Morgan fingerprint density at radius 3 is 2.33 bits per heavy atom. The molecule has 0 fully saturated rings. The number of nitrogens with zero attached hydrogens (tertiary/aromatic N) is 2. The number of rotatable bonds is 4. The molecule has 1 aromatic heterocycles. The van der Waals surface area contributed by atoms with Crippen molar-refractivity contribution in [2.45, 2.75) is 0 Å². The molecule has 0 saturated heterocycles. The van der Waals surface area contributed by atoms with Crippen LogP contribution in [0.1, 0.15) is 0 Å². The van der Waals surface area contributed by atoms with Crippen LogP contribution >= 0.6 is 12.2 Å². The van der Waals surface area contributed by atoms with E-state index in [0.29, 0.717) is 0 Å². The number of hydrogen-bond donors (Lipinski definition) is 2. The Hall–Kier alpha value is -2.36. The maximum Gasteiger partial charge on any atom is 0.413 e. The summed E-state index contributed by atoms with van der Waals surface area (Å²) in [5.74, 6) is 0.492. The topological polar surface area (TPSA) is 118 Å². The van der Waals surface area contributed by atoms with Crippen LogP contribution in [0.5, 0.6) is 11.8 Å². The molecule has 98 valence electrons. The molecule has 0 aliphatic heterocycles. The lowest BCUT2D eigenvalue weighted by Gasteiger charge is -2.08. The van der Waals surface area contributed by atoms with Gasteiger partial charge in [0.15, 0.2) is 0 Å². The van der Waals surface area contributed by atoms with E-state index in [1.165, 1.54) is 20.3 Å². The zero-order valence-corrected chi connectivity index (χ0v) is 10.3. The molecule has 1 amide bonds. The summed E-state index contributed by atoms with van der Waals surface area (Å²) in [7, 11) is 2.85. The second kappa shape index (κ2) is 6.39. The third-order valence-corrected chi connectivity index (χ3v) is 1.67. The van der Waals surface area contributed by atoms with Crippen LogP contribution in [0.15, 0.2) is 6.07 Å². The minimum atomic E-state index is -1.09. The average Bonchev–Trinajstić information content (AvgIpc) is 2.35. The van der Waals surface area contributed by atoms with Crippen LogP contribution in [0, 0.1) is 0 Å². The van der Waals surface area contributed by atoms with Crippen LogP contribution in [0.4, 0.5) is 10.7 Å². The third kappa shape index (κ3) is 4.25. The number of amides is 1. The number of anilines is 1. The van der Waals surface area contributed by atoms with E-state index in [1.807, 2.05) is 0 Å². The first kappa shape index (κ1) is 13.7. The summed E-state index contributed by atoms with van der Waals surface area (Å²) in [6, 6.07) is 1.46. The van der Waals surface area contributed by atoms with Gasteiger partial charge in [0.2, 0.25) is 11.8 Å². The molecule has 10 heteroatoms. The van der Waals surface area contributed by atoms with Gasteiger partial charge in [0, 0.05) is 12.2 Å². The number of hydrogen-bond acceptors (Lipinski definition) is 9. The van der Waals surface area contributed by atoms with Gasteiger partial charge in [0.1, 0.15) is 0 Å². The van der Waals surface area contributed by atoms with Crippen molar-refractivity contribution in [3.8, 4) is 11.8 Å². The van der Waals surface area contributed by atoms with Gasteiger partial charge >= 0.3 is 11.3 Å². The number of primary amides is 1. The van der Waals surface area contributed by atoms with Crippen molar-refractivity contribution < 1.29 is 23.8 Å². The fourth-order valence-electron chi connectivity index (χ4n) is 0.849. The quantitative estimate of drug-likeness (QED) is 0.587. The average molecular weight is 274 g/mol. The van der Waals surface area contributed by atoms with Gasteiger partial charge in [-0.05, 0) is 0 Å². The van der Waals surface area contributed by atoms with Crippen molar-refractivity contribution in [3.63, 3.8) is 0 Å². The summed E-state index contributed by atoms with van der Waals surface area (Å²) in [6.45, 7) is 0. The SMILES string of the molecule is COc1cc(OC)nc(NOC(=S)OC(N)=O)n1. The van der Waals surface area contributed by atoms with Gasteiger partial charge in [0.05, 0.1) is 20.3 Å². The summed E-state index contributed by atoms with van der Waals surface area (Å²) >= 11 is 4.53. The molecule has 1 aromatic rings. The van der Waals surface area contributed by atoms with Gasteiger partial charge in [0.25, 0.3) is 5.95 Å². The molecule has 0 saturated carbocycles. The first-order valence-corrected chi connectivity index (χ1v) is 4.87.